The van der Waals surface area contributed by atoms with Crippen LogP contribution in [0.15, 0.2) is 41.9 Å². The number of piperazine rings is 1. The molecule has 28 heavy (non-hydrogen) atoms. The van der Waals surface area contributed by atoms with Crippen LogP contribution in [0, 0.1) is 6.92 Å². The van der Waals surface area contributed by atoms with Gasteiger partial charge >= 0.3 is 0 Å². The number of rotatable bonds is 6. The van der Waals surface area contributed by atoms with E-state index in [2.05, 4.69) is 44.0 Å². The summed E-state index contributed by atoms with van der Waals surface area (Å²) in [6, 6.07) is 8.09. The molecule has 0 amide bonds. The molecule has 0 atom stereocenters. The lowest BCUT2D eigenvalue weighted by Gasteiger charge is -2.36. The molecule has 0 radical (unpaired) electrons. The summed E-state index contributed by atoms with van der Waals surface area (Å²) in [6.07, 6.45) is 1.85. The van der Waals surface area contributed by atoms with E-state index in [0.29, 0.717) is 13.1 Å². The summed E-state index contributed by atoms with van der Waals surface area (Å²) >= 11 is 5.98. The Balaban J connectivity index is 1.59. The van der Waals surface area contributed by atoms with Crippen molar-refractivity contribution < 1.29 is 0 Å². The molecule has 1 aliphatic heterocycles. The summed E-state index contributed by atoms with van der Waals surface area (Å²) in [4.78, 5) is 9.53. The molecule has 1 N–H and O–H groups in total. The molecule has 8 heteroatoms. The Hall–Kier alpha value is -2.38. The predicted molar refractivity (Wildman–Crippen MR) is 113 cm³/mol. The second kappa shape index (κ2) is 9.71. The lowest BCUT2D eigenvalue weighted by Crippen LogP contribution is -2.52. The third-order valence-corrected chi connectivity index (χ3v) is 5.20. The molecule has 0 saturated carbocycles. The number of hydrogen-bond acceptors (Lipinski definition) is 4. The second-order valence-electron chi connectivity index (χ2n) is 6.92. The number of aliphatic imine (C=N–C) groups is 1. The van der Waals surface area contributed by atoms with Gasteiger partial charge in [0.25, 0.3) is 0 Å². The summed E-state index contributed by atoms with van der Waals surface area (Å²) in [7, 11) is 1.96. The van der Waals surface area contributed by atoms with Gasteiger partial charge in [-0.15, -0.1) is 16.8 Å². The molecular weight excluding hydrogens is 374 g/mol. The van der Waals surface area contributed by atoms with Crippen molar-refractivity contribution in [2.75, 3.05) is 32.7 Å². The van der Waals surface area contributed by atoms with Crippen molar-refractivity contribution in [2.24, 2.45) is 12.0 Å². The number of benzene rings is 1. The Morgan fingerprint density at radius 2 is 1.93 bits per heavy atom. The molecule has 2 heterocycles. The van der Waals surface area contributed by atoms with Gasteiger partial charge in [0.05, 0.1) is 0 Å². The molecule has 3 rings (SSSR count). The lowest BCUT2D eigenvalue weighted by molar-refractivity contribution is 0.172. The smallest absolute Gasteiger partial charge is 0.194 e. The van der Waals surface area contributed by atoms with Crippen LogP contribution in [0.25, 0.3) is 0 Å². The van der Waals surface area contributed by atoms with Crippen LogP contribution in [0.4, 0.5) is 0 Å². The van der Waals surface area contributed by atoms with E-state index in [1.807, 2.05) is 36.7 Å². The third-order valence-electron chi connectivity index (χ3n) is 4.95. The van der Waals surface area contributed by atoms with Crippen LogP contribution in [0.2, 0.25) is 5.02 Å². The van der Waals surface area contributed by atoms with Crippen LogP contribution in [-0.2, 0) is 20.1 Å². The van der Waals surface area contributed by atoms with Crippen LogP contribution >= 0.6 is 11.6 Å². The topological polar surface area (TPSA) is 61.6 Å². The quantitative estimate of drug-likeness (QED) is 0.457. The van der Waals surface area contributed by atoms with Gasteiger partial charge in [-0.2, -0.15) is 0 Å². The van der Waals surface area contributed by atoms with E-state index in [-0.39, 0.29) is 0 Å². The molecule has 150 valence electrons. The average molecular weight is 402 g/mol. The van der Waals surface area contributed by atoms with E-state index >= 15 is 0 Å². The highest BCUT2D eigenvalue weighted by atomic mass is 35.5. The summed E-state index contributed by atoms with van der Waals surface area (Å²) in [5, 5.41) is 12.5. The molecule has 1 saturated heterocycles. The highest BCUT2D eigenvalue weighted by molar-refractivity contribution is 6.30. The van der Waals surface area contributed by atoms with Crippen LogP contribution < -0.4 is 5.32 Å². The normalized spacial score (nSPS) is 15.7. The molecule has 0 spiro atoms. The van der Waals surface area contributed by atoms with Crippen molar-refractivity contribution >= 4 is 17.6 Å². The lowest BCUT2D eigenvalue weighted by atomic mass is 10.2. The van der Waals surface area contributed by atoms with E-state index in [1.165, 1.54) is 5.56 Å². The molecule has 7 nitrogen and oxygen atoms in total. The molecule has 1 aromatic carbocycles. The van der Waals surface area contributed by atoms with Crippen molar-refractivity contribution in [3.63, 3.8) is 0 Å². The molecule has 2 aromatic rings. The van der Waals surface area contributed by atoms with Gasteiger partial charge in [-0.25, -0.2) is 4.99 Å². The number of aromatic nitrogens is 3. The summed E-state index contributed by atoms with van der Waals surface area (Å²) in [6.45, 7) is 11.7. The maximum atomic E-state index is 5.98. The van der Waals surface area contributed by atoms with E-state index in [9.17, 15) is 0 Å². The SMILES string of the molecule is C=CCNC(=NCc1nnc(C)n1C)N1CCN(Cc2ccc(Cl)cc2)CC1. The van der Waals surface area contributed by atoms with Crippen LogP contribution in [0.3, 0.4) is 0 Å². The first-order valence-corrected chi connectivity index (χ1v) is 9.90. The maximum absolute atomic E-state index is 5.98. The van der Waals surface area contributed by atoms with E-state index in [1.54, 1.807) is 0 Å². The zero-order valence-corrected chi connectivity index (χ0v) is 17.4. The van der Waals surface area contributed by atoms with Crippen molar-refractivity contribution in [2.45, 2.75) is 20.0 Å². The fourth-order valence-electron chi connectivity index (χ4n) is 3.13. The first kappa shape index (κ1) is 20.4. The Bertz CT molecular complexity index is 804. The molecule has 1 aromatic heterocycles. The van der Waals surface area contributed by atoms with Crippen molar-refractivity contribution in [3.8, 4) is 0 Å². The number of nitrogens with one attached hydrogen (secondary N) is 1. The Labute approximate surface area is 171 Å². The number of nitrogens with zero attached hydrogens (tertiary/aromatic N) is 6. The van der Waals surface area contributed by atoms with Gasteiger partial charge in [-0.05, 0) is 24.6 Å². The fraction of sp³-hybridized carbons (Fsp3) is 0.450. The Kier molecular flexibility index (Phi) is 7.06. The molecule has 0 bridgehead atoms. The zero-order chi connectivity index (χ0) is 19.9. The highest BCUT2D eigenvalue weighted by Crippen LogP contribution is 2.13. The van der Waals surface area contributed by atoms with E-state index in [0.717, 1.165) is 55.4 Å². The van der Waals surface area contributed by atoms with Gasteiger partial charge in [0.15, 0.2) is 11.8 Å². The molecule has 0 unspecified atom stereocenters. The molecule has 1 fully saturated rings. The summed E-state index contributed by atoms with van der Waals surface area (Å²) in [5.74, 6) is 2.64. The number of halogens is 1. The van der Waals surface area contributed by atoms with Crippen LogP contribution in [0.1, 0.15) is 17.2 Å². The second-order valence-corrected chi connectivity index (χ2v) is 7.36. The highest BCUT2D eigenvalue weighted by Gasteiger charge is 2.20. The maximum Gasteiger partial charge on any atom is 0.194 e. The van der Waals surface area contributed by atoms with Gasteiger partial charge < -0.3 is 14.8 Å². The van der Waals surface area contributed by atoms with E-state index < -0.39 is 0 Å². The monoisotopic (exact) mass is 401 g/mol. The van der Waals surface area contributed by atoms with Gasteiger partial charge in [0, 0.05) is 51.3 Å². The Morgan fingerprint density at radius 3 is 2.54 bits per heavy atom. The minimum atomic E-state index is 0.502. The van der Waals surface area contributed by atoms with Gasteiger partial charge in [0.1, 0.15) is 12.4 Å². The van der Waals surface area contributed by atoms with Crippen molar-refractivity contribution in [3.05, 3.63) is 59.2 Å². The largest absolute Gasteiger partial charge is 0.353 e. The van der Waals surface area contributed by atoms with E-state index in [4.69, 9.17) is 16.6 Å². The number of guanidine groups is 1. The first-order valence-electron chi connectivity index (χ1n) is 9.52. The van der Waals surface area contributed by atoms with Crippen molar-refractivity contribution in [1.82, 2.24) is 29.9 Å². The Morgan fingerprint density at radius 1 is 1.21 bits per heavy atom. The van der Waals surface area contributed by atoms with Gasteiger partial charge in [0.2, 0.25) is 0 Å². The zero-order valence-electron chi connectivity index (χ0n) is 16.6. The molecule has 0 aliphatic carbocycles. The van der Waals surface area contributed by atoms with Crippen LogP contribution in [-0.4, -0.2) is 63.2 Å². The number of hydrogen-bond donors (Lipinski definition) is 1. The fourth-order valence-corrected chi connectivity index (χ4v) is 3.26. The average Bonchev–Trinajstić information content (AvgIpc) is 3.03. The molecule has 1 aliphatic rings. The predicted octanol–water partition coefficient (Wildman–Crippen LogP) is 2.23. The third kappa shape index (κ3) is 5.33. The van der Waals surface area contributed by atoms with Crippen LogP contribution in [0.5, 0.6) is 0 Å². The van der Waals surface area contributed by atoms with Gasteiger partial charge in [-0.3, -0.25) is 4.90 Å². The van der Waals surface area contributed by atoms with Gasteiger partial charge in [-0.1, -0.05) is 29.8 Å². The minimum absolute atomic E-state index is 0.502. The van der Waals surface area contributed by atoms with Crippen molar-refractivity contribution in [1.29, 1.82) is 0 Å². The standard InChI is InChI=1S/C20H28ClN7/c1-4-9-22-20(23-14-19-25-24-16(2)26(19)3)28-12-10-27(11-13-28)15-17-5-7-18(21)8-6-17/h4-8H,1,9-15H2,2-3H3,(H,22,23). The first-order chi connectivity index (χ1) is 13.6. The minimum Gasteiger partial charge on any atom is -0.353 e. The summed E-state index contributed by atoms with van der Waals surface area (Å²) in [5.41, 5.74) is 1.29. The number of aryl methyl sites for hydroxylation is 1. The molecular formula is C20H28ClN7. The summed E-state index contributed by atoms with van der Waals surface area (Å²) < 4.78 is 1.97.